The Kier molecular flexibility index (Phi) is 36.4. The van der Waals surface area contributed by atoms with Gasteiger partial charge in [0.05, 0.1) is 6.61 Å². The van der Waals surface area contributed by atoms with Crippen LogP contribution in [-0.4, -0.2) is 6.61 Å². The molecule has 0 aliphatic rings. The second kappa shape index (κ2) is 40.7. The van der Waals surface area contributed by atoms with Gasteiger partial charge >= 0.3 is 0 Å². The Hall–Kier alpha value is -2.09. The van der Waals surface area contributed by atoms with Crippen LogP contribution in [0.2, 0.25) is 0 Å². The largest absolute Gasteiger partial charge is 0.494 e. The minimum atomic E-state index is 0.831. The number of aromatic nitrogens is 1. The van der Waals surface area contributed by atoms with Crippen molar-refractivity contribution in [3.8, 4) is 5.75 Å². The van der Waals surface area contributed by atoms with Crippen molar-refractivity contribution in [2.45, 2.75) is 264 Å². The van der Waals surface area contributed by atoms with Gasteiger partial charge in [-0.2, -0.15) is 0 Å². The van der Waals surface area contributed by atoms with E-state index < -0.39 is 0 Å². The Bertz CT molecular complexity index is 1100. The third kappa shape index (κ3) is 33.4. The third-order valence-electron chi connectivity index (χ3n) is 12.3. The van der Waals surface area contributed by atoms with E-state index in [2.05, 4.69) is 79.4 Å². The van der Waals surface area contributed by atoms with Gasteiger partial charge in [0.1, 0.15) is 12.3 Å². The molecular weight excluding hydrogens is 691 g/mol. The first kappa shape index (κ1) is 51.1. The highest BCUT2D eigenvalue weighted by Crippen LogP contribution is 2.18. The number of rotatable bonds is 43. The first-order valence-corrected chi connectivity index (χ1v) is 25.7. The number of nitrogens with zero attached hydrogens (tertiary/aromatic N) is 1. The summed E-state index contributed by atoms with van der Waals surface area (Å²) in [6.45, 7) is 6.57. The Morgan fingerprint density at radius 1 is 0.333 bits per heavy atom. The molecule has 0 fully saturated rings. The quantitative estimate of drug-likeness (QED) is 0.0482. The Labute approximate surface area is 356 Å². The number of hydrogen-bond donors (Lipinski definition) is 0. The van der Waals surface area contributed by atoms with Crippen molar-refractivity contribution in [1.82, 2.24) is 0 Å². The van der Waals surface area contributed by atoms with Gasteiger partial charge in [-0.1, -0.05) is 263 Å². The van der Waals surface area contributed by atoms with Crippen LogP contribution in [0.3, 0.4) is 0 Å². The van der Waals surface area contributed by atoms with Gasteiger partial charge in [0.2, 0.25) is 0 Å². The van der Waals surface area contributed by atoms with Crippen LogP contribution in [-0.2, 0) is 6.54 Å². The minimum Gasteiger partial charge on any atom is -0.494 e. The number of aryl methyl sites for hydroxylation is 1. The first-order valence-electron chi connectivity index (χ1n) is 25.7. The molecule has 326 valence electrons. The van der Waals surface area contributed by atoms with Gasteiger partial charge in [0.25, 0.3) is 0 Å². The fraction of sp³-hybridized carbons (Fsp3) is 0.764. The van der Waals surface area contributed by atoms with E-state index in [4.69, 9.17) is 4.74 Å². The molecule has 1 aromatic heterocycles. The van der Waals surface area contributed by atoms with Crippen molar-refractivity contribution < 1.29 is 9.30 Å². The lowest BCUT2D eigenvalue weighted by molar-refractivity contribution is -0.697. The van der Waals surface area contributed by atoms with Crippen LogP contribution in [0.15, 0.2) is 48.8 Å². The molecule has 2 aromatic rings. The highest BCUT2D eigenvalue weighted by atomic mass is 16.5. The van der Waals surface area contributed by atoms with E-state index >= 15 is 0 Å². The molecule has 0 unspecified atom stereocenters. The molecule has 0 atom stereocenters. The maximum absolute atomic E-state index is 6.05. The molecule has 0 radical (unpaired) electrons. The number of hydrogen-bond acceptors (Lipinski definition) is 1. The highest BCUT2D eigenvalue weighted by molar-refractivity contribution is 5.69. The fourth-order valence-electron chi connectivity index (χ4n) is 8.34. The van der Waals surface area contributed by atoms with Crippen LogP contribution in [0, 0.1) is 0 Å². The van der Waals surface area contributed by atoms with Gasteiger partial charge in [0, 0.05) is 18.6 Å². The number of benzene rings is 1. The predicted molar refractivity (Wildman–Crippen MR) is 254 cm³/mol. The fourth-order valence-corrected chi connectivity index (χ4v) is 8.34. The summed E-state index contributed by atoms with van der Waals surface area (Å²) in [5.41, 5.74) is 2.47. The summed E-state index contributed by atoms with van der Waals surface area (Å²) in [6.07, 6.45) is 63.0. The SMILES string of the molecule is CCCCCCCCCCCCCCCCCCCCCCOc1ccc(C=Cc2cc[n+](CCCCCCCCCCCCCCCCCCCC)cc2)cc1. The predicted octanol–water partition coefficient (Wildman–Crippen LogP) is 18.4. The van der Waals surface area contributed by atoms with Crippen LogP contribution in [0.1, 0.15) is 269 Å². The highest BCUT2D eigenvalue weighted by Gasteiger charge is 2.02. The summed E-state index contributed by atoms with van der Waals surface area (Å²) in [5.74, 6) is 0.991. The average Bonchev–Trinajstić information content (AvgIpc) is 3.24. The van der Waals surface area contributed by atoms with Crippen LogP contribution < -0.4 is 9.30 Å². The summed E-state index contributed by atoms with van der Waals surface area (Å²) in [4.78, 5) is 0. The van der Waals surface area contributed by atoms with E-state index in [1.54, 1.807) is 0 Å². The van der Waals surface area contributed by atoms with Gasteiger partial charge in [-0.3, -0.25) is 0 Å². The zero-order valence-corrected chi connectivity index (χ0v) is 38.4. The van der Waals surface area contributed by atoms with Gasteiger partial charge < -0.3 is 4.74 Å². The monoisotopic (exact) mass is 787 g/mol. The molecule has 0 saturated carbocycles. The van der Waals surface area contributed by atoms with Gasteiger partial charge in [-0.05, 0) is 36.1 Å². The van der Waals surface area contributed by atoms with E-state index in [9.17, 15) is 0 Å². The smallest absolute Gasteiger partial charge is 0.169 e. The molecular formula is C55H96NO+. The average molecular weight is 787 g/mol. The van der Waals surface area contributed by atoms with Gasteiger partial charge in [-0.15, -0.1) is 0 Å². The summed E-state index contributed by atoms with van der Waals surface area (Å²) in [7, 11) is 0. The summed E-state index contributed by atoms with van der Waals surface area (Å²) in [6, 6.07) is 13.1. The molecule has 0 aliphatic heterocycles. The number of ether oxygens (including phenoxy) is 1. The van der Waals surface area contributed by atoms with E-state index in [1.165, 1.54) is 249 Å². The third-order valence-corrected chi connectivity index (χ3v) is 12.3. The van der Waals surface area contributed by atoms with Gasteiger partial charge in [0.15, 0.2) is 12.4 Å². The summed E-state index contributed by atoms with van der Waals surface area (Å²) >= 11 is 0. The lowest BCUT2D eigenvalue weighted by atomic mass is 10.0. The normalized spacial score (nSPS) is 11.6. The molecule has 2 rings (SSSR count). The summed E-state index contributed by atoms with van der Waals surface area (Å²) in [5, 5.41) is 0. The van der Waals surface area contributed by atoms with Crippen molar-refractivity contribution in [2.24, 2.45) is 0 Å². The molecule has 1 aromatic carbocycles. The lowest BCUT2D eigenvalue weighted by Crippen LogP contribution is -2.32. The standard InChI is InChI=1S/C55H96NO/c1-3-5-7-9-11-13-15-17-19-21-23-24-26-28-30-32-34-36-38-40-52-57-55-45-43-53(44-46-55)41-42-54-47-50-56(51-48-54)49-39-37-35-33-31-29-27-25-22-20-18-16-14-12-10-8-6-4-2/h41-48,50-51H,3-40,49,52H2,1-2H3/q+1. The molecule has 57 heavy (non-hydrogen) atoms. The van der Waals surface area contributed by atoms with Crippen molar-refractivity contribution in [3.63, 3.8) is 0 Å². The van der Waals surface area contributed by atoms with Gasteiger partial charge in [-0.25, -0.2) is 4.57 Å². The Morgan fingerprint density at radius 2 is 0.614 bits per heavy atom. The molecule has 0 amide bonds. The zero-order valence-electron chi connectivity index (χ0n) is 38.4. The second-order valence-electron chi connectivity index (χ2n) is 17.8. The van der Waals surface area contributed by atoms with E-state index in [0.717, 1.165) is 25.3 Å². The summed E-state index contributed by atoms with van der Waals surface area (Å²) < 4.78 is 8.39. The topological polar surface area (TPSA) is 13.1 Å². The van der Waals surface area contributed by atoms with Crippen molar-refractivity contribution >= 4 is 12.2 Å². The van der Waals surface area contributed by atoms with E-state index in [-0.39, 0.29) is 0 Å². The van der Waals surface area contributed by atoms with Crippen LogP contribution in [0.4, 0.5) is 0 Å². The van der Waals surface area contributed by atoms with Crippen LogP contribution in [0.25, 0.3) is 12.2 Å². The zero-order chi connectivity index (χ0) is 40.4. The molecule has 2 nitrogen and oxygen atoms in total. The van der Waals surface area contributed by atoms with Crippen LogP contribution >= 0.6 is 0 Å². The molecule has 0 aliphatic carbocycles. The Balaban J connectivity index is 1.35. The Morgan fingerprint density at radius 3 is 0.947 bits per heavy atom. The molecule has 2 heteroatoms. The van der Waals surface area contributed by atoms with Crippen molar-refractivity contribution in [2.75, 3.05) is 6.61 Å². The maximum Gasteiger partial charge on any atom is 0.169 e. The molecule has 0 saturated heterocycles. The molecule has 0 N–H and O–H groups in total. The first-order chi connectivity index (χ1) is 28.3. The number of pyridine rings is 1. The van der Waals surface area contributed by atoms with Crippen LogP contribution in [0.5, 0.6) is 5.75 Å². The van der Waals surface area contributed by atoms with E-state index in [1.807, 2.05) is 0 Å². The number of unbranched alkanes of at least 4 members (excludes halogenated alkanes) is 36. The lowest BCUT2D eigenvalue weighted by Gasteiger charge is -2.07. The van der Waals surface area contributed by atoms with Crippen molar-refractivity contribution in [1.29, 1.82) is 0 Å². The maximum atomic E-state index is 6.05. The minimum absolute atomic E-state index is 0.831. The molecule has 0 spiro atoms. The molecule has 1 heterocycles. The van der Waals surface area contributed by atoms with E-state index in [0.29, 0.717) is 0 Å². The second-order valence-corrected chi connectivity index (χ2v) is 17.8. The van der Waals surface area contributed by atoms with Crippen molar-refractivity contribution in [3.05, 3.63) is 59.9 Å². The molecule has 0 bridgehead atoms.